The monoisotopic (exact) mass is 736 g/mol. The Bertz CT molecular complexity index is 1160. The number of hydrogen-bond donors (Lipinski definition) is 1. The predicted molar refractivity (Wildman–Crippen MR) is 171 cm³/mol. The fourth-order valence-corrected chi connectivity index (χ4v) is 9.31. The molecule has 4 heterocycles. The summed E-state index contributed by atoms with van der Waals surface area (Å²) in [6, 6.07) is 0.237. The molecule has 2 aromatic heterocycles. The molecule has 8 nitrogen and oxygen atoms in total. The number of fused-ring (bicyclic) bond motifs is 2. The molecule has 2 fully saturated rings. The average Bonchev–Trinajstić information content (AvgIpc) is 3.61. The van der Waals surface area contributed by atoms with Crippen molar-refractivity contribution < 1.29 is 24.7 Å². The number of thiophene rings is 2. The van der Waals surface area contributed by atoms with E-state index in [4.69, 9.17) is 0 Å². The molecule has 1 radical (unpaired) electrons. The van der Waals surface area contributed by atoms with Gasteiger partial charge in [-0.25, -0.2) is 0 Å². The van der Waals surface area contributed by atoms with Crippen molar-refractivity contribution in [2.45, 2.75) is 76.3 Å². The van der Waals surface area contributed by atoms with Gasteiger partial charge in [0.2, 0.25) is 0 Å². The minimum absolute atomic E-state index is 0. The van der Waals surface area contributed by atoms with Gasteiger partial charge in [-0.3, -0.25) is 29.0 Å². The maximum atomic E-state index is 12.4. The van der Waals surface area contributed by atoms with Crippen LogP contribution in [0.15, 0.2) is 22.6 Å². The summed E-state index contributed by atoms with van der Waals surface area (Å²) in [5.74, 6) is -0.409. The Balaban J connectivity index is 0.000000239. The average molecular weight is 738 g/mol. The molecule has 0 saturated heterocycles. The van der Waals surface area contributed by atoms with Crippen LogP contribution >= 0.6 is 77.2 Å². The van der Waals surface area contributed by atoms with Gasteiger partial charge < -0.3 is 5.48 Å². The standard InChI is InChI=1S/C12H11Br2NO2S.C12H13NO2S.BHNS.H2O.H3P/c13-9-7-8(10(14)18-9)12(17)15(11(7)16)6-4-2-1-3-5-6;14-11-9-6-16-7-10(9)12(15)13(11)8-4-2-1-3-5-8;1-2-3;;/h6H,1-5H2;6-8H,1-5H2;3H;1H2;1H3. The van der Waals surface area contributed by atoms with E-state index in [0.717, 1.165) is 58.9 Å². The maximum absolute atomic E-state index is 12.4. The number of rotatable bonds is 2. The first kappa shape index (κ1) is 34.4. The summed E-state index contributed by atoms with van der Waals surface area (Å²) in [7, 11) is 4.34. The Morgan fingerprint density at radius 2 is 1.08 bits per heavy atom. The molecule has 1 atom stereocenters. The van der Waals surface area contributed by atoms with E-state index in [1.54, 1.807) is 10.8 Å². The van der Waals surface area contributed by atoms with Gasteiger partial charge in [-0.1, -0.05) is 38.5 Å². The van der Waals surface area contributed by atoms with Crippen LogP contribution in [0.5, 0.6) is 0 Å². The minimum atomic E-state index is -0.129. The van der Waals surface area contributed by atoms with Crippen molar-refractivity contribution in [1.29, 1.82) is 0 Å². The molecule has 0 bridgehead atoms. The van der Waals surface area contributed by atoms with Crippen LogP contribution < -0.4 is 0 Å². The van der Waals surface area contributed by atoms with Crippen molar-refractivity contribution in [3.8, 4) is 0 Å². The van der Waals surface area contributed by atoms with E-state index in [9.17, 15) is 19.2 Å². The number of imide groups is 2. The van der Waals surface area contributed by atoms with Gasteiger partial charge in [-0.15, -0.1) is 11.3 Å². The number of carbonyl (C=O) groups excluding carboxylic acids is 4. The molecule has 15 heteroatoms. The number of amides is 4. The molecule has 2 aliphatic heterocycles. The van der Waals surface area contributed by atoms with E-state index in [1.165, 1.54) is 45.3 Å². The van der Waals surface area contributed by atoms with Gasteiger partial charge in [0, 0.05) is 22.8 Å². The summed E-state index contributed by atoms with van der Waals surface area (Å²) in [4.78, 5) is 51.9. The number of carbonyl (C=O) groups is 4. The van der Waals surface area contributed by atoms with Crippen molar-refractivity contribution >= 4 is 109 Å². The van der Waals surface area contributed by atoms with E-state index in [1.807, 2.05) is 0 Å². The van der Waals surface area contributed by atoms with Crippen LogP contribution in [0.1, 0.15) is 106 Å². The molecule has 2 saturated carbocycles. The number of thiol groups is 1. The molecule has 4 aliphatic rings. The fraction of sp³-hybridized carbons (Fsp3) is 0.500. The van der Waals surface area contributed by atoms with Crippen LogP contribution in [-0.4, -0.2) is 58.6 Å². The Kier molecular flexibility index (Phi) is 13.7. The molecular weight excluding hydrogens is 708 g/mol. The molecule has 4 amide bonds. The molecule has 211 valence electrons. The third-order valence-electron chi connectivity index (χ3n) is 7.13. The predicted octanol–water partition coefficient (Wildman–Crippen LogP) is 6.30. The van der Waals surface area contributed by atoms with Crippen LogP contribution in [0.4, 0.5) is 0 Å². The summed E-state index contributed by atoms with van der Waals surface area (Å²) in [6.07, 6.45) is 10.8. The molecule has 2 aliphatic carbocycles. The van der Waals surface area contributed by atoms with Gasteiger partial charge in [-0.2, -0.15) is 21.2 Å². The molecule has 2 aromatic rings. The first-order chi connectivity index (χ1) is 17.8. The molecule has 2 N–H and O–H groups in total. The van der Waals surface area contributed by atoms with Crippen LogP contribution in [0.3, 0.4) is 0 Å². The van der Waals surface area contributed by atoms with Crippen LogP contribution in [0.25, 0.3) is 0 Å². The quantitative estimate of drug-likeness (QED) is 0.169. The zero-order valence-corrected chi connectivity index (χ0v) is 28.3. The summed E-state index contributed by atoms with van der Waals surface area (Å²) in [5, 5.41) is 3.58. The van der Waals surface area contributed by atoms with Gasteiger partial charge in [0.25, 0.3) is 23.6 Å². The third kappa shape index (κ3) is 7.01. The Morgan fingerprint density at radius 3 is 1.44 bits per heavy atom. The molecular formula is C24H30BBr2N3O5PS3. The number of hydrogen-bond acceptors (Lipinski definition) is 8. The van der Waals surface area contributed by atoms with Crippen LogP contribution in [-0.2, 0) is 0 Å². The van der Waals surface area contributed by atoms with Gasteiger partial charge in [0.1, 0.15) is 0 Å². The molecule has 1 unspecified atom stereocenters. The third-order valence-corrected chi connectivity index (χ3v) is 10.4. The first-order valence-corrected chi connectivity index (χ1v) is 15.9. The zero-order valence-electron chi connectivity index (χ0n) is 21.2. The topological polar surface area (TPSA) is 119 Å². The number of halogens is 2. The van der Waals surface area contributed by atoms with Crippen molar-refractivity contribution in [2.24, 2.45) is 4.30 Å². The van der Waals surface area contributed by atoms with Crippen molar-refractivity contribution in [3.05, 3.63) is 40.6 Å². The summed E-state index contributed by atoms with van der Waals surface area (Å²) in [6.45, 7) is 0. The molecule has 0 aromatic carbocycles. The first-order valence-electron chi connectivity index (χ1n) is 12.2. The second kappa shape index (κ2) is 15.5. The van der Waals surface area contributed by atoms with Crippen LogP contribution in [0, 0.1) is 0 Å². The second-order valence-electron chi connectivity index (χ2n) is 9.26. The fourth-order valence-electron chi connectivity index (χ4n) is 5.41. The van der Waals surface area contributed by atoms with E-state index < -0.39 is 0 Å². The van der Waals surface area contributed by atoms with E-state index in [-0.39, 0.29) is 51.1 Å². The Morgan fingerprint density at radius 1 is 0.744 bits per heavy atom. The van der Waals surface area contributed by atoms with Gasteiger partial charge >= 0.3 is 24.8 Å². The Hall–Kier alpha value is -0.755. The normalized spacial score (nSPS) is 18.7. The molecule has 39 heavy (non-hydrogen) atoms. The van der Waals surface area contributed by atoms with E-state index >= 15 is 0 Å². The van der Waals surface area contributed by atoms with Gasteiger partial charge in [0.05, 0.1) is 29.8 Å². The van der Waals surface area contributed by atoms with E-state index in [0.29, 0.717) is 22.3 Å². The number of nitrogens with zero attached hydrogens (tertiary/aromatic N) is 3. The summed E-state index contributed by atoms with van der Waals surface area (Å²) < 4.78 is 4.20. The summed E-state index contributed by atoms with van der Waals surface area (Å²) in [5.41, 5.74) is 2.31. The second-order valence-corrected chi connectivity index (χ2v) is 13.9. The van der Waals surface area contributed by atoms with Crippen molar-refractivity contribution in [1.82, 2.24) is 9.80 Å². The van der Waals surface area contributed by atoms with Crippen molar-refractivity contribution in [2.75, 3.05) is 0 Å². The van der Waals surface area contributed by atoms with Crippen LogP contribution in [0.2, 0.25) is 0 Å². The van der Waals surface area contributed by atoms with Gasteiger partial charge in [0.15, 0.2) is 0 Å². The summed E-state index contributed by atoms with van der Waals surface area (Å²) >= 11 is 12.8. The molecule has 6 rings (SSSR count). The van der Waals surface area contributed by atoms with E-state index in [2.05, 4.69) is 56.6 Å². The van der Waals surface area contributed by atoms with Gasteiger partial charge in [-0.05, 0) is 57.5 Å². The zero-order chi connectivity index (χ0) is 26.7. The van der Waals surface area contributed by atoms with Crippen molar-refractivity contribution in [3.63, 3.8) is 0 Å². The Labute approximate surface area is 262 Å². The SMILES string of the molecule is O.O=C1c2c(Br)sc(Br)c2C(=O)N1C1CCCCC1.O=C1c2cscc2C(=O)N1C1CCCCC1.P.[B]=NS. The molecule has 0 spiro atoms.